The van der Waals surface area contributed by atoms with Crippen LogP contribution in [0.5, 0.6) is 0 Å². The van der Waals surface area contributed by atoms with Crippen LogP contribution in [0.15, 0.2) is 528 Å². The molecule has 0 saturated heterocycles. The van der Waals surface area contributed by atoms with Crippen LogP contribution in [0.2, 0.25) is 0 Å². The highest BCUT2D eigenvalue weighted by Gasteiger charge is 2.25. The summed E-state index contributed by atoms with van der Waals surface area (Å²) in [5.41, 5.74) is 33.9. The Morgan fingerprint density at radius 3 is 0.529 bits per heavy atom. The lowest BCUT2D eigenvalue weighted by Gasteiger charge is -2.21. The lowest BCUT2D eigenvalue weighted by atomic mass is 9.83. The molecule has 25 aromatic rings. The summed E-state index contributed by atoms with van der Waals surface area (Å²) in [4.78, 5) is 0. The first-order valence-electron chi connectivity index (χ1n) is 47.3. The summed E-state index contributed by atoms with van der Waals surface area (Å²) in [5, 5.41) is 22.7. The van der Waals surface area contributed by atoms with Gasteiger partial charge in [0.15, 0.2) is 0 Å². The van der Waals surface area contributed by atoms with E-state index in [1.807, 2.05) is 0 Å². The molecule has 0 aliphatic heterocycles. The first-order chi connectivity index (χ1) is 67.1. The van der Waals surface area contributed by atoms with Crippen molar-refractivity contribution >= 4 is 97.0 Å². The molecular formula is C136H96. The molecule has 0 heteroatoms. The minimum Gasteiger partial charge on any atom is -0.0622 e. The van der Waals surface area contributed by atoms with Crippen LogP contribution in [0.3, 0.4) is 0 Å². The molecule has 0 atom stereocenters. The lowest BCUT2D eigenvalue weighted by Crippen LogP contribution is -2.10. The molecule has 0 N–H and O–H groups in total. The van der Waals surface area contributed by atoms with Crippen molar-refractivity contribution in [2.45, 2.75) is 26.2 Å². The van der Waals surface area contributed by atoms with Crippen LogP contribution in [-0.4, -0.2) is 0 Å². The maximum Gasteiger partial charge on any atom is -0.00262 e. The van der Waals surface area contributed by atoms with Crippen molar-refractivity contribution in [3.8, 4) is 145 Å². The maximum atomic E-state index is 2.39. The molecule has 0 amide bonds. The monoisotopic (exact) mass is 1730 g/mol. The predicted octanol–water partition coefficient (Wildman–Crippen LogP) is 38.4. The first kappa shape index (κ1) is 83.2. The van der Waals surface area contributed by atoms with E-state index in [0.717, 1.165) is 0 Å². The van der Waals surface area contributed by atoms with E-state index < -0.39 is 0 Å². The van der Waals surface area contributed by atoms with Crippen LogP contribution >= 0.6 is 0 Å². The molecule has 0 spiro atoms. The normalized spacial score (nSPS) is 11.5. The third-order valence-corrected chi connectivity index (χ3v) is 27.5. The zero-order valence-corrected chi connectivity index (χ0v) is 76.2. The highest BCUT2D eigenvalue weighted by molar-refractivity contribution is 6.25. The van der Waals surface area contributed by atoms with Gasteiger partial charge in [0.1, 0.15) is 0 Å². The molecule has 25 rings (SSSR count). The second-order valence-corrected chi connectivity index (χ2v) is 36.7. The Labute approximate surface area is 795 Å². The molecule has 0 radical (unpaired) electrons. The maximum absolute atomic E-state index is 2.39. The smallest absolute Gasteiger partial charge is 0.00262 e. The van der Waals surface area contributed by atoms with Gasteiger partial charge < -0.3 is 0 Å². The third-order valence-electron chi connectivity index (χ3n) is 27.5. The molecule has 0 unspecified atom stereocenters. The number of hydrogen-bond donors (Lipinski definition) is 0. The van der Waals surface area contributed by atoms with E-state index in [0.29, 0.717) is 0 Å². The van der Waals surface area contributed by atoms with Crippen molar-refractivity contribution in [3.63, 3.8) is 0 Å². The molecule has 640 valence electrons. The molecule has 0 fully saturated rings. The number of benzene rings is 25. The zero-order chi connectivity index (χ0) is 91.0. The molecule has 0 aliphatic carbocycles. The summed E-state index contributed by atoms with van der Waals surface area (Å²) >= 11 is 0. The van der Waals surface area contributed by atoms with Crippen molar-refractivity contribution in [2.24, 2.45) is 0 Å². The summed E-state index contributed by atoms with van der Waals surface area (Å²) in [7, 11) is 0. The Bertz CT molecular complexity index is 8610. The van der Waals surface area contributed by atoms with Crippen molar-refractivity contribution in [1.29, 1.82) is 0 Å². The number of rotatable bonds is 13. The van der Waals surface area contributed by atoms with Crippen LogP contribution in [-0.2, 0) is 5.41 Å². The van der Waals surface area contributed by atoms with E-state index >= 15 is 0 Å². The van der Waals surface area contributed by atoms with Gasteiger partial charge in [-0.2, -0.15) is 0 Å². The summed E-state index contributed by atoms with van der Waals surface area (Å²) in [6.45, 7) is 6.82. The molecule has 25 aromatic carbocycles. The second kappa shape index (κ2) is 36.2. The Morgan fingerprint density at radius 1 is 0.110 bits per heavy atom. The average Bonchev–Trinajstić information content (AvgIpc) is 0.739. The highest BCUT2D eigenvalue weighted by Crippen LogP contribution is 2.51. The Kier molecular flexibility index (Phi) is 22.1. The van der Waals surface area contributed by atoms with Gasteiger partial charge in [-0.1, -0.05) is 488 Å². The van der Waals surface area contributed by atoms with Crippen molar-refractivity contribution in [3.05, 3.63) is 533 Å². The fourth-order valence-corrected chi connectivity index (χ4v) is 21.0. The predicted molar refractivity (Wildman–Crippen MR) is 586 cm³/mol. The van der Waals surface area contributed by atoms with Gasteiger partial charge in [-0.15, -0.1) is 0 Å². The van der Waals surface area contributed by atoms with Gasteiger partial charge in [-0.25, -0.2) is 0 Å². The SMILES string of the molecule is CC(C)(C)c1ccc(-c2c3ccccc3c(-c3ccc4cc(-c5ccccc5)c(-c5ccccc5)cc4c3)c3ccccc23)cc1.c1ccc(-c2cc3ccc(-c4c5ccccc5c(-c5ccccc5)c5ccccc45)cc3cc2-c2ccccc2)cc1.c1ccc(-c2cccc(-c3cc4ccc(-c5c6ccccc6c(-c6ccccc6)c6ccccc56)cc4cc3-c3ccccc3)c2)cc1. The Morgan fingerprint density at radius 2 is 0.287 bits per heavy atom. The van der Waals surface area contributed by atoms with E-state index in [-0.39, 0.29) is 5.41 Å². The largest absolute Gasteiger partial charge is 0.0622 e. The van der Waals surface area contributed by atoms with E-state index in [1.165, 1.54) is 247 Å². The van der Waals surface area contributed by atoms with E-state index in [1.54, 1.807) is 0 Å². The van der Waals surface area contributed by atoms with Crippen molar-refractivity contribution < 1.29 is 0 Å². The minimum atomic E-state index is 0.116. The summed E-state index contributed by atoms with van der Waals surface area (Å²) < 4.78 is 0. The van der Waals surface area contributed by atoms with Gasteiger partial charge in [0.05, 0.1) is 0 Å². The van der Waals surface area contributed by atoms with Gasteiger partial charge in [0.25, 0.3) is 0 Å². The second-order valence-electron chi connectivity index (χ2n) is 36.7. The fourth-order valence-electron chi connectivity index (χ4n) is 21.0. The number of fused-ring (bicyclic) bond motifs is 9. The summed E-state index contributed by atoms with van der Waals surface area (Å²) in [6.07, 6.45) is 0. The van der Waals surface area contributed by atoms with Gasteiger partial charge >= 0.3 is 0 Å². The first-order valence-corrected chi connectivity index (χ1v) is 47.3. The fraction of sp³-hybridized carbons (Fsp3) is 0.0294. The topological polar surface area (TPSA) is 0 Å². The van der Waals surface area contributed by atoms with E-state index in [4.69, 9.17) is 0 Å². The molecule has 0 saturated carbocycles. The molecule has 136 heavy (non-hydrogen) atoms. The molecule has 0 aromatic heterocycles. The standard InChI is InChI=1S/C48H32.C46H36.C42H28/c1-4-15-33(16-5-1)36-21-14-22-38(29-36)46-31-37-27-28-39(30-40(37)32-45(46)34-17-6-2-7-18-34)48-43-25-12-10-23-41(43)47(35-19-8-3-9-20-35)42-24-11-13-26-44(42)48;1-46(2,3)37-26-24-33(25-27-37)44-38-18-10-12-20-40(38)45(41-21-13-11-19-39(41)44)35-23-22-34-29-42(31-14-6-4-7-15-31)43(30-36(34)28-35)32-16-8-5-9-17-32;1-4-14-29(15-5-1)39-27-32-24-25-33(26-34(32)28-40(39)30-16-6-2-7-17-30)42-37-22-12-10-20-35(37)41(31-18-8-3-9-19-31)36-21-11-13-23-38(36)42/h1-32H;4-30H,1-3H3;1-28H. The van der Waals surface area contributed by atoms with Gasteiger partial charge in [-0.05, 0) is 313 Å². The van der Waals surface area contributed by atoms with Gasteiger partial charge in [0.2, 0.25) is 0 Å². The Balaban J connectivity index is 0.000000115. The van der Waals surface area contributed by atoms with Crippen LogP contribution < -0.4 is 0 Å². The van der Waals surface area contributed by atoms with Crippen LogP contribution in [0.1, 0.15) is 26.3 Å². The average molecular weight is 1730 g/mol. The summed E-state index contributed by atoms with van der Waals surface area (Å²) in [5.74, 6) is 0. The molecule has 0 heterocycles. The Hall–Kier alpha value is -17.2. The van der Waals surface area contributed by atoms with Crippen molar-refractivity contribution in [1.82, 2.24) is 0 Å². The summed E-state index contributed by atoms with van der Waals surface area (Å²) in [6, 6.07) is 193. The van der Waals surface area contributed by atoms with Crippen molar-refractivity contribution in [2.75, 3.05) is 0 Å². The minimum absolute atomic E-state index is 0.116. The van der Waals surface area contributed by atoms with Crippen LogP contribution in [0, 0.1) is 0 Å². The molecule has 0 aliphatic rings. The highest BCUT2D eigenvalue weighted by atomic mass is 14.3. The molecule has 0 nitrogen and oxygen atoms in total. The lowest BCUT2D eigenvalue weighted by molar-refractivity contribution is 0.590. The van der Waals surface area contributed by atoms with E-state index in [2.05, 4.69) is 549 Å². The van der Waals surface area contributed by atoms with Crippen LogP contribution in [0.25, 0.3) is 242 Å². The van der Waals surface area contributed by atoms with E-state index in [9.17, 15) is 0 Å². The quantitative estimate of drug-likeness (QED) is 0.101. The number of hydrogen-bond acceptors (Lipinski definition) is 0. The van der Waals surface area contributed by atoms with Gasteiger partial charge in [0, 0.05) is 0 Å². The molecular weight excluding hydrogens is 1630 g/mol. The third kappa shape index (κ3) is 15.9. The van der Waals surface area contributed by atoms with Crippen LogP contribution in [0.4, 0.5) is 0 Å². The zero-order valence-electron chi connectivity index (χ0n) is 76.2. The molecule has 0 bridgehead atoms. The van der Waals surface area contributed by atoms with Gasteiger partial charge in [-0.3, -0.25) is 0 Å².